The largest absolute Gasteiger partial charge is 0.394 e. The van der Waals surface area contributed by atoms with Crippen molar-refractivity contribution in [3.8, 4) is 0 Å². The van der Waals surface area contributed by atoms with Gasteiger partial charge in [-0.25, -0.2) is 0 Å². The summed E-state index contributed by atoms with van der Waals surface area (Å²) in [5, 5.41) is 20.5. The highest BCUT2D eigenvalue weighted by molar-refractivity contribution is 6.33. The van der Waals surface area contributed by atoms with Crippen LogP contribution in [-0.2, 0) is 0 Å². The summed E-state index contributed by atoms with van der Waals surface area (Å²) < 4.78 is 0. The van der Waals surface area contributed by atoms with Crippen LogP contribution in [0.5, 0.6) is 0 Å². The molecule has 0 heterocycles. The molecule has 1 aromatic carbocycles. The first-order valence-corrected chi connectivity index (χ1v) is 5.25. The molecule has 0 bridgehead atoms. The van der Waals surface area contributed by atoms with E-state index in [2.05, 4.69) is 5.32 Å². The molecule has 0 aliphatic carbocycles. The van der Waals surface area contributed by atoms with E-state index in [4.69, 9.17) is 21.8 Å². The molecule has 1 unspecified atom stereocenters. The Morgan fingerprint density at radius 2 is 2.25 bits per heavy atom. The normalized spacial score (nSPS) is 12.2. The molecule has 16 heavy (non-hydrogen) atoms. The van der Waals surface area contributed by atoms with E-state index in [1.807, 2.05) is 6.92 Å². The maximum Gasteiger partial charge on any atom is 0.252 e. The molecular formula is C11H14ClNO3. The number of rotatable bonds is 4. The summed E-state index contributed by atoms with van der Waals surface area (Å²) in [6.07, 6.45) is -0.951. The SMILES string of the molecule is Cc1ccc(C(=O)NCC(O)CO)c(Cl)c1. The molecule has 0 fully saturated rings. The first kappa shape index (κ1) is 13.0. The molecule has 0 saturated heterocycles. The van der Waals surface area contributed by atoms with Crippen LogP contribution in [0.25, 0.3) is 0 Å². The molecule has 88 valence electrons. The van der Waals surface area contributed by atoms with Crippen molar-refractivity contribution in [3.05, 3.63) is 34.3 Å². The molecule has 4 nitrogen and oxygen atoms in total. The third-order valence-electron chi connectivity index (χ3n) is 2.08. The van der Waals surface area contributed by atoms with Gasteiger partial charge in [0.1, 0.15) is 0 Å². The van der Waals surface area contributed by atoms with Crippen molar-refractivity contribution in [2.75, 3.05) is 13.2 Å². The second-order valence-electron chi connectivity index (χ2n) is 3.53. The van der Waals surface area contributed by atoms with Crippen molar-refractivity contribution in [1.29, 1.82) is 0 Å². The summed E-state index contributed by atoms with van der Waals surface area (Å²) in [4.78, 5) is 11.6. The number of amides is 1. The molecule has 1 amide bonds. The lowest BCUT2D eigenvalue weighted by Crippen LogP contribution is -2.34. The zero-order valence-corrected chi connectivity index (χ0v) is 9.66. The van der Waals surface area contributed by atoms with E-state index in [1.165, 1.54) is 0 Å². The van der Waals surface area contributed by atoms with Crippen molar-refractivity contribution >= 4 is 17.5 Å². The van der Waals surface area contributed by atoms with E-state index in [-0.39, 0.29) is 19.1 Å². The average molecular weight is 244 g/mol. The maximum atomic E-state index is 11.6. The number of aliphatic hydroxyl groups is 2. The van der Waals surface area contributed by atoms with Gasteiger partial charge < -0.3 is 15.5 Å². The minimum absolute atomic E-state index is 0.000458. The molecule has 5 heteroatoms. The summed E-state index contributed by atoms with van der Waals surface area (Å²) in [7, 11) is 0. The monoisotopic (exact) mass is 243 g/mol. The molecule has 3 N–H and O–H groups in total. The van der Waals surface area contributed by atoms with E-state index in [9.17, 15) is 4.79 Å². The molecule has 0 aliphatic rings. The number of carbonyl (C=O) groups is 1. The second kappa shape index (κ2) is 5.84. The maximum absolute atomic E-state index is 11.6. The minimum Gasteiger partial charge on any atom is -0.394 e. The van der Waals surface area contributed by atoms with Gasteiger partial charge in [-0.1, -0.05) is 17.7 Å². The fourth-order valence-electron chi connectivity index (χ4n) is 1.17. The fraction of sp³-hybridized carbons (Fsp3) is 0.364. The van der Waals surface area contributed by atoms with Crippen LogP contribution in [-0.4, -0.2) is 35.4 Å². The van der Waals surface area contributed by atoms with Gasteiger partial charge in [-0.15, -0.1) is 0 Å². The lowest BCUT2D eigenvalue weighted by molar-refractivity contribution is 0.0802. The highest BCUT2D eigenvalue weighted by atomic mass is 35.5. The Bertz CT molecular complexity index is 381. The number of hydrogen-bond acceptors (Lipinski definition) is 3. The molecule has 0 spiro atoms. The smallest absolute Gasteiger partial charge is 0.252 e. The number of hydrogen-bond donors (Lipinski definition) is 3. The molecule has 0 saturated carbocycles. The van der Waals surface area contributed by atoms with Gasteiger partial charge in [0.15, 0.2) is 0 Å². The highest BCUT2D eigenvalue weighted by Crippen LogP contribution is 2.17. The Hall–Kier alpha value is -1.10. The van der Waals surface area contributed by atoms with Gasteiger partial charge in [0.05, 0.1) is 23.3 Å². The van der Waals surface area contributed by atoms with Gasteiger partial charge in [0.25, 0.3) is 5.91 Å². The van der Waals surface area contributed by atoms with E-state index in [0.717, 1.165) is 5.56 Å². The van der Waals surface area contributed by atoms with Crippen molar-refractivity contribution in [3.63, 3.8) is 0 Å². The molecule has 1 rings (SSSR count). The Morgan fingerprint density at radius 1 is 1.56 bits per heavy atom. The quantitative estimate of drug-likeness (QED) is 0.730. The molecule has 0 aliphatic heterocycles. The summed E-state index contributed by atoms with van der Waals surface area (Å²) in [6.45, 7) is 1.49. The zero-order valence-electron chi connectivity index (χ0n) is 8.90. The van der Waals surface area contributed by atoms with Crippen LogP contribution >= 0.6 is 11.6 Å². The zero-order chi connectivity index (χ0) is 12.1. The van der Waals surface area contributed by atoms with Crippen LogP contribution in [0.4, 0.5) is 0 Å². The Balaban J connectivity index is 2.66. The lowest BCUT2D eigenvalue weighted by atomic mass is 10.1. The number of nitrogens with one attached hydrogen (secondary N) is 1. The van der Waals surface area contributed by atoms with Crippen LogP contribution in [0.1, 0.15) is 15.9 Å². The van der Waals surface area contributed by atoms with Gasteiger partial charge in [-0.05, 0) is 24.6 Å². The van der Waals surface area contributed by atoms with E-state index >= 15 is 0 Å². The third kappa shape index (κ3) is 3.48. The molecular weight excluding hydrogens is 230 g/mol. The van der Waals surface area contributed by atoms with Gasteiger partial charge in [0.2, 0.25) is 0 Å². The van der Waals surface area contributed by atoms with Crippen LogP contribution in [0.15, 0.2) is 18.2 Å². The van der Waals surface area contributed by atoms with Crippen LogP contribution < -0.4 is 5.32 Å². The van der Waals surface area contributed by atoms with Crippen molar-refractivity contribution in [1.82, 2.24) is 5.32 Å². The number of aliphatic hydroxyl groups excluding tert-OH is 2. The van der Waals surface area contributed by atoms with Crippen LogP contribution in [0.3, 0.4) is 0 Å². The third-order valence-corrected chi connectivity index (χ3v) is 2.39. The number of aryl methyl sites for hydroxylation is 1. The van der Waals surface area contributed by atoms with Gasteiger partial charge in [-0.3, -0.25) is 4.79 Å². The number of benzene rings is 1. The first-order chi connectivity index (χ1) is 7.54. The number of halogens is 1. The fourth-order valence-corrected chi connectivity index (χ4v) is 1.50. The van der Waals surface area contributed by atoms with Crippen molar-refractivity contribution in [2.24, 2.45) is 0 Å². The summed E-state index contributed by atoms with van der Waals surface area (Å²) in [5.74, 6) is -0.363. The van der Waals surface area contributed by atoms with Crippen LogP contribution in [0, 0.1) is 6.92 Å². The van der Waals surface area contributed by atoms with E-state index < -0.39 is 6.10 Å². The van der Waals surface area contributed by atoms with E-state index in [1.54, 1.807) is 18.2 Å². The van der Waals surface area contributed by atoms with Gasteiger partial charge in [0, 0.05) is 6.54 Å². The highest BCUT2D eigenvalue weighted by Gasteiger charge is 2.11. The predicted molar refractivity (Wildman–Crippen MR) is 61.6 cm³/mol. The lowest BCUT2D eigenvalue weighted by Gasteiger charge is -2.10. The summed E-state index contributed by atoms with van der Waals surface area (Å²) >= 11 is 5.90. The van der Waals surface area contributed by atoms with Crippen LogP contribution in [0.2, 0.25) is 5.02 Å². The molecule has 1 aromatic rings. The molecule has 1 atom stereocenters. The van der Waals surface area contributed by atoms with Crippen molar-refractivity contribution in [2.45, 2.75) is 13.0 Å². The molecule has 0 aromatic heterocycles. The second-order valence-corrected chi connectivity index (χ2v) is 3.94. The topological polar surface area (TPSA) is 69.6 Å². The standard InChI is InChI=1S/C11H14ClNO3/c1-7-2-3-9(10(12)4-7)11(16)13-5-8(15)6-14/h2-4,8,14-15H,5-6H2,1H3,(H,13,16). The average Bonchev–Trinajstić information content (AvgIpc) is 2.25. The van der Waals surface area contributed by atoms with Gasteiger partial charge in [-0.2, -0.15) is 0 Å². The van der Waals surface area contributed by atoms with E-state index in [0.29, 0.717) is 10.6 Å². The Labute approximate surface area is 98.9 Å². The summed E-state index contributed by atoms with van der Waals surface area (Å²) in [6, 6.07) is 5.10. The number of carbonyl (C=O) groups excluding carboxylic acids is 1. The summed E-state index contributed by atoms with van der Waals surface area (Å²) in [5.41, 5.74) is 1.33. The first-order valence-electron chi connectivity index (χ1n) is 4.88. The minimum atomic E-state index is -0.951. The Morgan fingerprint density at radius 3 is 2.81 bits per heavy atom. The van der Waals surface area contributed by atoms with Crippen molar-refractivity contribution < 1.29 is 15.0 Å². The predicted octanol–water partition coefficient (Wildman–Crippen LogP) is 0.731. The molecule has 0 radical (unpaired) electrons. The Kier molecular flexibility index (Phi) is 4.73. The van der Waals surface area contributed by atoms with Gasteiger partial charge >= 0.3 is 0 Å².